The highest BCUT2D eigenvalue weighted by Crippen LogP contribution is 2.25. The van der Waals surface area contributed by atoms with E-state index in [0.717, 1.165) is 25.7 Å². The van der Waals surface area contributed by atoms with Crippen molar-refractivity contribution in [1.82, 2.24) is 0 Å². The summed E-state index contributed by atoms with van der Waals surface area (Å²) in [5, 5.41) is 0. The van der Waals surface area contributed by atoms with Gasteiger partial charge in [0.2, 0.25) is 0 Å². The first-order valence-corrected chi connectivity index (χ1v) is 7.68. The van der Waals surface area contributed by atoms with Gasteiger partial charge in [0.15, 0.2) is 0 Å². The van der Waals surface area contributed by atoms with E-state index in [-0.39, 0.29) is 22.5 Å². The lowest BCUT2D eigenvalue weighted by Gasteiger charge is -2.23. The summed E-state index contributed by atoms with van der Waals surface area (Å²) in [4.78, 5) is 0. The van der Waals surface area contributed by atoms with Crippen molar-refractivity contribution < 1.29 is 8.78 Å². The molecule has 108 valence electrons. The zero-order chi connectivity index (χ0) is 14.4. The Hall–Kier alpha value is -0.480. The molecule has 1 aromatic rings. The summed E-state index contributed by atoms with van der Waals surface area (Å²) < 4.78 is 27.9. The van der Waals surface area contributed by atoms with E-state index in [1.807, 2.05) is 0 Å². The van der Waals surface area contributed by atoms with E-state index in [0.29, 0.717) is 5.92 Å². The van der Waals surface area contributed by atoms with Crippen LogP contribution >= 0.6 is 15.9 Å². The van der Waals surface area contributed by atoms with E-state index < -0.39 is 11.6 Å². The molecular weight excluding hydrogens is 312 g/mol. The molecule has 0 saturated carbocycles. The van der Waals surface area contributed by atoms with Crippen LogP contribution in [-0.4, -0.2) is 6.04 Å². The van der Waals surface area contributed by atoms with Gasteiger partial charge in [-0.1, -0.05) is 33.1 Å². The van der Waals surface area contributed by atoms with Crippen molar-refractivity contribution in [2.45, 2.75) is 52.0 Å². The molecule has 19 heavy (non-hydrogen) atoms. The van der Waals surface area contributed by atoms with Crippen LogP contribution in [0.15, 0.2) is 16.6 Å². The van der Waals surface area contributed by atoms with Gasteiger partial charge in [-0.25, -0.2) is 8.78 Å². The first kappa shape index (κ1) is 16.6. The third-order valence-corrected chi connectivity index (χ3v) is 4.25. The Morgan fingerprint density at radius 3 is 2.53 bits per heavy atom. The van der Waals surface area contributed by atoms with Gasteiger partial charge in [0.1, 0.15) is 11.6 Å². The van der Waals surface area contributed by atoms with E-state index >= 15 is 0 Å². The molecule has 1 rings (SSSR count). The normalized spacial score (nSPS) is 14.4. The Kier molecular flexibility index (Phi) is 6.94. The quantitative estimate of drug-likeness (QED) is 0.711. The number of hydrogen-bond donors (Lipinski definition) is 1. The molecule has 0 bridgehead atoms. The fraction of sp³-hybridized carbons (Fsp3) is 0.600. The molecule has 0 aliphatic rings. The molecule has 0 aromatic heterocycles. The van der Waals surface area contributed by atoms with E-state index in [1.165, 1.54) is 12.1 Å². The van der Waals surface area contributed by atoms with Crippen molar-refractivity contribution in [2.24, 2.45) is 11.7 Å². The SMILES string of the molecule is CCCCC(CC)C(N)Cc1c(F)ccc(Br)c1F. The standard InChI is InChI=1S/C15H22BrF2N/c1-3-5-6-10(4-2)14(19)9-11-13(17)8-7-12(16)15(11)18/h7-8,10,14H,3-6,9,19H2,1-2H3. The molecular formula is C15H22BrF2N. The Bertz CT molecular complexity index is 409. The average molecular weight is 334 g/mol. The van der Waals surface area contributed by atoms with Gasteiger partial charge in [0.25, 0.3) is 0 Å². The molecule has 0 fully saturated rings. The van der Waals surface area contributed by atoms with E-state index in [1.54, 1.807) is 0 Å². The molecule has 4 heteroatoms. The molecule has 1 nitrogen and oxygen atoms in total. The van der Waals surface area contributed by atoms with Crippen molar-refractivity contribution in [3.8, 4) is 0 Å². The number of unbranched alkanes of at least 4 members (excludes halogenated alkanes) is 1. The zero-order valence-corrected chi connectivity index (χ0v) is 13.1. The van der Waals surface area contributed by atoms with Crippen LogP contribution in [0.25, 0.3) is 0 Å². The highest BCUT2D eigenvalue weighted by molar-refractivity contribution is 9.10. The second-order valence-corrected chi connectivity index (χ2v) is 5.85. The average Bonchev–Trinajstić information content (AvgIpc) is 2.40. The predicted octanol–water partition coefficient (Wildman–Crippen LogP) is 4.81. The number of benzene rings is 1. The summed E-state index contributed by atoms with van der Waals surface area (Å²) in [6, 6.07) is 2.46. The Balaban J connectivity index is 2.80. The van der Waals surface area contributed by atoms with Crippen LogP contribution in [-0.2, 0) is 6.42 Å². The lowest BCUT2D eigenvalue weighted by molar-refractivity contribution is 0.362. The maximum Gasteiger partial charge on any atom is 0.143 e. The van der Waals surface area contributed by atoms with Crippen molar-refractivity contribution in [2.75, 3.05) is 0 Å². The first-order chi connectivity index (χ1) is 9.01. The number of hydrogen-bond acceptors (Lipinski definition) is 1. The molecule has 0 amide bonds. The Morgan fingerprint density at radius 1 is 1.26 bits per heavy atom. The first-order valence-electron chi connectivity index (χ1n) is 6.89. The summed E-state index contributed by atoms with van der Waals surface area (Å²) in [5.41, 5.74) is 6.23. The van der Waals surface area contributed by atoms with Crippen LogP contribution in [0.1, 0.15) is 45.1 Å². The smallest absolute Gasteiger partial charge is 0.143 e. The van der Waals surface area contributed by atoms with Gasteiger partial charge in [-0.05, 0) is 46.8 Å². The van der Waals surface area contributed by atoms with Crippen molar-refractivity contribution in [1.29, 1.82) is 0 Å². The van der Waals surface area contributed by atoms with Crippen LogP contribution in [0.3, 0.4) is 0 Å². The molecule has 1 aromatic carbocycles. The highest BCUT2D eigenvalue weighted by atomic mass is 79.9. The minimum Gasteiger partial charge on any atom is -0.327 e. The number of halogens is 3. The fourth-order valence-corrected chi connectivity index (χ4v) is 2.72. The van der Waals surface area contributed by atoms with Gasteiger partial charge in [-0.15, -0.1) is 0 Å². The van der Waals surface area contributed by atoms with Crippen molar-refractivity contribution >= 4 is 15.9 Å². The maximum absolute atomic E-state index is 13.9. The molecule has 0 spiro atoms. The lowest BCUT2D eigenvalue weighted by Crippen LogP contribution is -2.32. The van der Waals surface area contributed by atoms with Crippen LogP contribution in [0.4, 0.5) is 8.78 Å². The van der Waals surface area contributed by atoms with Gasteiger partial charge in [-0.3, -0.25) is 0 Å². The minimum atomic E-state index is -0.527. The van der Waals surface area contributed by atoms with E-state index in [2.05, 4.69) is 29.8 Å². The van der Waals surface area contributed by atoms with Gasteiger partial charge in [0.05, 0.1) is 4.47 Å². The van der Waals surface area contributed by atoms with E-state index in [9.17, 15) is 8.78 Å². The third kappa shape index (κ3) is 4.53. The lowest BCUT2D eigenvalue weighted by atomic mass is 9.88. The molecule has 0 heterocycles. The van der Waals surface area contributed by atoms with Crippen molar-refractivity contribution in [3.63, 3.8) is 0 Å². The highest BCUT2D eigenvalue weighted by Gasteiger charge is 2.20. The predicted molar refractivity (Wildman–Crippen MR) is 79.0 cm³/mol. The molecule has 0 aliphatic heterocycles. The largest absolute Gasteiger partial charge is 0.327 e. The summed E-state index contributed by atoms with van der Waals surface area (Å²) in [5.74, 6) is -0.722. The van der Waals surface area contributed by atoms with Crippen LogP contribution in [0, 0.1) is 17.6 Å². The third-order valence-electron chi connectivity index (χ3n) is 3.64. The van der Waals surface area contributed by atoms with Crippen LogP contribution in [0.5, 0.6) is 0 Å². The summed E-state index contributed by atoms with van der Waals surface area (Å²) in [6.07, 6.45) is 4.43. The molecule has 2 N–H and O–H groups in total. The maximum atomic E-state index is 13.9. The molecule has 2 atom stereocenters. The summed E-state index contributed by atoms with van der Waals surface area (Å²) in [7, 11) is 0. The monoisotopic (exact) mass is 333 g/mol. The summed E-state index contributed by atoms with van der Waals surface area (Å²) >= 11 is 3.08. The Morgan fingerprint density at radius 2 is 1.95 bits per heavy atom. The number of rotatable bonds is 7. The van der Waals surface area contributed by atoms with Gasteiger partial charge < -0.3 is 5.73 Å². The van der Waals surface area contributed by atoms with Crippen LogP contribution in [0.2, 0.25) is 0 Å². The fourth-order valence-electron chi connectivity index (χ4n) is 2.35. The van der Waals surface area contributed by atoms with Gasteiger partial charge >= 0.3 is 0 Å². The second-order valence-electron chi connectivity index (χ2n) is 5.00. The minimum absolute atomic E-state index is 0.0943. The topological polar surface area (TPSA) is 26.0 Å². The molecule has 0 saturated heterocycles. The molecule has 0 aliphatic carbocycles. The summed E-state index contributed by atoms with van der Waals surface area (Å²) in [6.45, 7) is 4.21. The van der Waals surface area contributed by atoms with Crippen LogP contribution < -0.4 is 5.73 Å². The van der Waals surface area contributed by atoms with Crippen molar-refractivity contribution in [3.05, 3.63) is 33.8 Å². The van der Waals surface area contributed by atoms with Gasteiger partial charge in [0, 0.05) is 11.6 Å². The number of nitrogens with two attached hydrogens (primary N) is 1. The second kappa shape index (κ2) is 7.95. The zero-order valence-electron chi connectivity index (χ0n) is 11.6. The molecule has 2 unspecified atom stereocenters. The Labute approximate surface area is 122 Å². The molecule has 0 radical (unpaired) electrons. The van der Waals surface area contributed by atoms with E-state index in [4.69, 9.17) is 5.73 Å². The van der Waals surface area contributed by atoms with Gasteiger partial charge in [-0.2, -0.15) is 0 Å².